The van der Waals surface area contributed by atoms with E-state index in [1.807, 2.05) is 4.90 Å². The van der Waals surface area contributed by atoms with Crippen LogP contribution in [0.15, 0.2) is 24.3 Å². The van der Waals surface area contributed by atoms with E-state index in [1.165, 1.54) is 12.1 Å². The monoisotopic (exact) mass is 249 g/mol. The lowest BCUT2D eigenvalue weighted by Crippen LogP contribution is -2.31. The number of carbonyl (C=O) groups is 1. The van der Waals surface area contributed by atoms with E-state index >= 15 is 0 Å². The Morgan fingerprint density at radius 3 is 2.67 bits per heavy atom. The molecule has 1 aliphatic rings. The standard InChI is InChI=1S/C15H20FNO/c1-11(2)10-15(18)17-9-3-4-14(17)12-5-7-13(16)8-6-12/h5-8,11,14H,3-4,9-10H2,1-2H3. The van der Waals surface area contributed by atoms with E-state index in [-0.39, 0.29) is 17.8 Å². The van der Waals surface area contributed by atoms with Crippen molar-refractivity contribution in [3.63, 3.8) is 0 Å². The van der Waals surface area contributed by atoms with Crippen LogP contribution < -0.4 is 0 Å². The number of amides is 1. The van der Waals surface area contributed by atoms with Crippen LogP contribution in [0.25, 0.3) is 0 Å². The number of nitrogens with zero attached hydrogens (tertiary/aromatic N) is 1. The molecule has 0 bridgehead atoms. The molecular weight excluding hydrogens is 229 g/mol. The molecule has 1 heterocycles. The molecule has 2 nitrogen and oxygen atoms in total. The fraction of sp³-hybridized carbons (Fsp3) is 0.533. The van der Waals surface area contributed by atoms with Gasteiger partial charge in [-0.1, -0.05) is 26.0 Å². The molecule has 1 amide bonds. The fourth-order valence-corrected chi connectivity index (χ4v) is 2.56. The van der Waals surface area contributed by atoms with Crippen LogP contribution >= 0.6 is 0 Å². The van der Waals surface area contributed by atoms with Crippen LogP contribution in [0.1, 0.15) is 44.7 Å². The molecule has 2 rings (SSSR count). The van der Waals surface area contributed by atoms with Crippen molar-refractivity contribution in [2.75, 3.05) is 6.54 Å². The third-order valence-corrected chi connectivity index (χ3v) is 3.41. The van der Waals surface area contributed by atoms with Gasteiger partial charge in [0.25, 0.3) is 0 Å². The zero-order valence-corrected chi connectivity index (χ0v) is 11.0. The third kappa shape index (κ3) is 2.89. The minimum atomic E-state index is -0.225. The maximum atomic E-state index is 12.9. The Bertz CT molecular complexity index is 413. The first-order valence-corrected chi connectivity index (χ1v) is 6.63. The van der Waals surface area contributed by atoms with Gasteiger partial charge < -0.3 is 4.90 Å². The first kappa shape index (κ1) is 13.1. The summed E-state index contributed by atoms with van der Waals surface area (Å²) in [5.74, 6) is 0.376. The SMILES string of the molecule is CC(C)CC(=O)N1CCCC1c1ccc(F)cc1. The highest BCUT2D eigenvalue weighted by atomic mass is 19.1. The second-order valence-electron chi connectivity index (χ2n) is 5.39. The second kappa shape index (κ2) is 5.51. The maximum absolute atomic E-state index is 12.9. The van der Waals surface area contributed by atoms with Crippen molar-refractivity contribution in [3.05, 3.63) is 35.6 Å². The average Bonchev–Trinajstić information content (AvgIpc) is 2.78. The largest absolute Gasteiger partial charge is 0.336 e. The van der Waals surface area contributed by atoms with Gasteiger partial charge in [-0.25, -0.2) is 4.39 Å². The third-order valence-electron chi connectivity index (χ3n) is 3.41. The smallest absolute Gasteiger partial charge is 0.223 e. The van der Waals surface area contributed by atoms with E-state index in [2.05, 4.69) is 13.8 Å². The highest BCUT2D eigenvalue weighted by Gasteiger charge is 2.29. The summed E-state index contributed by atoms with van der Waals surface area (Å²) in [6, 6.07) is 6.66. The van der Waals surface area contributed by atoms with Crippen molar-refractivity contribution in [1.29, 1.82) is 0 Å². The van der Waals surface area contributed by atoms with E-state index in [4.69, 9.17) is 0 Å². The first-order chi connectivity index (χ1) is 8.58. The van der Waals surface area contributed by atoms with Gasteiger partial charge >= 0.3 is 0 Å². The molecule has 0 spiro atoms. The van der Waals surface area contributed by atoms with Gasteiger partial charge in [0, 0.05) is 13.0 Å². The predicted molar refractivity (Wildman–Crippen MR) is 69.5 cm³/mol. The van der Waals surface area contributed by atoms with Crippen LogP contribution in [0.3, 0.4) is 0 Å². The molecule has 0 N–H and O–H groups in total. The topological polar surface area (TPSA) is 20.3 Å². The summed E-state index contributed by atoms with van der Waals surface area (Å²) in [6.45, 7) is 4.94. The molecule has 1 aromatic carbocycles. The Balaban J connectivity index is 2.12. The number of halogens is 1. The highest BCUT2D eigenvalue weighted by Crippen LogP contribution is 2.32. The lowest BCUT2D eigenvalue weighted by molar-refractivity contribution is -0.132. The van der Waals surface area contributed by atoms with Gasteiger partial charge in [0.15, 0.2) is 0 Å². The molecule has 1 atom stereocenters. The summed E-state index contributed by atoms with van der Waals surface area (Å²) in [5, 5.41) is 0. The lowest BCUT2D eigenvalue weighted by atomic mass is 10.0. The average molecular weight is 249 g/mol. The van der Waals surface area contributed by atoms with Crippen LogP contribution in [0, 0.1) is 11.7 Å². The molecule has 18 heavy (non-hydrogen) atoms. The summed E-state index contributed by atoms with van der Waals surface area (Å²) >= 11 is 0. The lowest BCUT2D eigenvalue weighted by Gasteiger charge is -2.26. The molecule has 1 saturated heterocycles. The molecule has 1 unspecified atom stereocenters. The second-order valence-corrected chi connectivity index (χ2v) is 5.39. The molecule has 1 aliphatic heterocycles. The number of rotatable bonds is 3. The molecule has 0 saturated carbocycles. The van der Waals surface area contributed by atoms with Crippen molar-refractivity contribution < 1.29 is 9.18 Å². The fourth-order valence-electron chi connectivity index (χ4n) is 2.56. The number of likely N-dealkylation sites (tertiary alicyclic amines) is 1. The van der Waals surface area contributed by atoms with Gasteiger partial charge in [0.05, 0.1) is 6.04 Å². The van der Waals surface area contributed by atoms with Gasteiger partial charge in [-0.05, 0) is 36.5 Å². The summed E-state index contributed by atoms with van der Waals surface area (Å²) in [7, 11) is 0. The maximum Gasteiger partial charge on any atom is 0.223 e. The summed E-state index contributed by atoms with van der Waals surface area (Å²) < 4.78 is 12.9. The van der Waals surface area contributed by atoms with Gasteiger partial charge in [-0.15, -0.1) is 0 Å². The molecule has 98 valence electrons. The Kier molecular flexibility index (Phi) is 4.00. The van der Waals surface area contributed by atoms with Crippen molar-refractivity contribution >= 4 is 5.91 Å². The van der Waals surface area contributed by atoms with E-state index < -0.39 is 0 Å². The van der Waals surface area contributed by atoms with Gasteiger partial charge in [-0.3, -0.25) is 4.79 Å². The first-order valence-electron chi connectivity index (χ1n) is 6.63. The number of hydrogen-bond acceptors (Lipinski definition) is 1. The Labute approximate surface area is 108 Å². The number of carbonyl (C=O) groups excluding carboxylic acids is 1. The van der Waals surface area contributed by atoms with Gasteiger partial charge in [0.2, 0.25) is 5.91 Å². The molecule has 0 aliphatic carbocycles. The van der Waals surface area contributed by atoms with Crippen molar-refractivity contribution in [2.45, 2.75) is 39.2 Å². The van der Waals surface area contributed by atoms with Crippen molar-refractivity contribution in [1.82, 2.24) is 4.90 Å². The zero-order valence-electron chi connectivity index (χ0n) is 11.0. The Hall–Kier alpha value is -1.38. The normalized spacial score (nSPS) is 19.6. The van der Waals surface area contributed by atoms with Gasteiger partial charge in [-0.2, -0.15) is 0 Å². The number of hydrogen-bond donors (Lipinski definition) is 0. The predicted octanol–water partition coefficient (Wildman–Crippen LogP) is 3.54. The molecule has 0 radical (unpaired) electrons. The van der Waals surface area contributed by atoms with E-state index in [9.17, 15) is 9.18 Å². The number of benzene rings is 1. The van der Waals surface area contributed by atoms with E-state index in [0.29, 0.717) is 12.3 Å². The minimum absolute atomic E-state index is 0.136. The van der Waals surface area contributed by atoms with Crippen LogP contribution in [-0.2, 0) is 4.79 Å². The van der Waals surface area contributed by atoms with Crippen molar-refractivity contribution in [2.24, 2.45) is 5.92 Å². The van der Waals surface area contributed by atoms with Gasteiger partial charge in [0.1, 0.15) is 5.82 Å². The van der Waals surface area contributed by atoms with Crippen molar-refractivity contribution in [3.8, 4) is 0 Å². The Morgan fingerprint density at radius 2 is 2.06 bits per heavy atom. The molecule has 1 aromatic rings. The summed E-state index contributed by atoms with van der Waals surface area (Å²) in [4.78, 5) is 14.1. The quantitative estimate of drug-likeness (QED) is 0.802. The summed E-state index contributed by atoms with van der Waals surface area (Å²) in [6.07, 6.45) is 2.61. The molecule has 1 fully saturated rings. The zero-order chi connectivity index (χ0) is 13.1. The van der Waals surface area contributed by atoms with E-state index in [0.717, 1.165) is 24.9 Å². The van der Waals surface area contributed by atoms with E-state index in [1.54, 1.807) is 12.1 Å². The van der Waals surface area contributed by atoms with Crippen LogP contribution in [0.5, 0.6) is 0 Å². The summed E-state index contributed by atoms with van der Waals surface area (Å²) in [5.41, 5.74) is 1.05. The molecule has 0 aromatic heterocycles. The molecular formula is C15H20FNO. The minimum Gasteiger partial charge on any atom is -0.336 e. The van der Waals surface area contributed by atoms with Crippen LogP contribution in [0.2, 0.25) is 0 Å². The molecule has 3 heteroatoms. The highest BCUT2D eigenvalue weighted by molar-refractivity contribution is 5.77. The van der Waals surface area contributed by atoms with Crippen LogP contribution in [0.4, 0.5) is 4.39 Å². The Morgan fingerprint density at radius 1 is 1.39 bits per heavy atom. The van der Waals surface area contributed by atoms with Crippen LogP contribution in [-0.4, -0.2) is 17.4 Å².